The number of ether oxygens (including phenoxy) is 1. The summed E-state index contributed by atoms with van der Waals surface area (Å²) in [4.78, 5) is 13.0. The van der Waals surface area contributed by atoms with Crippen LogP contribution in [0.4, 0.5) is 0 Å². The molecule has 0 saturated carbocycles. The fourth-order valence-corrected chi connectivity index (χ4v) is 3.22. The molecule has 3 N–H and O–H groups in total. The van der Waals surface area contributed by atoms with Gasteiger partial charge in [-0.25, -0.2) is 18.4 Å². The molecule has 0 amide bonds. The van der Waals surface area contributed by atoms with Crippen molar-refractivity contribution in [3.05, 3.63) is 53.4 Å². The maximum Gasteiger partial charge on any atom is 0.331 e. The minimum absolute atomic E-state index is 0.0457. The van der Waals surface area contributed by atoms with E-state index in [1.54, 1.807) is 49.3 Å². The van der Waals surface area contributed by atoms with Crippen LogP contribution in [0.15, 0.2) is 53.4 Å². The lowest BCUT2D eigenvalue weighted by Gasteiger charge is -2.36. The first-order valence-electron chi connectivity index (χ1n) is 7.17. The number of carboxylic acid groups (broad SMARTS) is 1. The lowest BCUT2D eigenvalue weighted by Crippen LogP contribution is -2.47. The molecule has 0 aliphatic heterocycles. The number of hydrogen-bond acceptors (Lipinski definition) is 5. The summed E-state index contributed by atoms with van der Waals surface area (Å²) in [6.07, 6.45) is 1.13. The van der Waals surface area contributed by atoms with Crippen molar-refractivity contribution in [1.29, 1.82) is 0 Å². The van der Waals surface area contributed by atoms with Crippen LogP contribution in [0.2, 0.25) is 0 Å². The van der Waals surface area contributed by atoms with Gasteiger partial charge in [-0.1, -0.05) is 18.2 Å². The van der Waals surface area contributed by atoms with E-state index < -0.39 is 20.7 Å². The number of carboxylic acids is 1. The maximum absolute atomic E-state index is 12.3. The highest BCUT2D eigenvalue weighted by molar-refractivity contribution is 7.90. The molecule has 1 aliphatic carbocycles. The van der Waals surface area contributed by atoms with Gasteiger partial charge in [0.2, 0.25) is 10.0 Å². The summed E-state index contributed by atoms with van der Waals surface area (Å²) in [6.45, 7) is 1.38. The summed E-state index contributed by atoms with van der Waals surface area (Å²) in [5, 5.41) is 14.8. The van der Waals surface area contributed by atoms with Gasteiger partial charge in [-0.2, -0.15) is 0 Å². The first-order chi connectivity index (χ1) is 11.1. The monoisotopic (exact) mass is 352 g/mol. The molecule has 0 spiro atoms. The molecule has 1 atom stereocenters. The van der Waals surface area contributed by atoms with Crippen molar-refractivity contribution in [2.45, 2.75) is 18.1 Å². The molecule has 0 aromatic heterocycles. The molecule has 0 saturated heterocycles. The van der Waals surface area contributed by atoms with E-state index in [-0.39, 0.29) is 17.8 Å². The number of benzene rings is 1. The van der Waals surface area contributed by atoms with Crippen molar-refractivity contribution in [3.63, 3.8) is 0 Å². The van der Waals surface area contributed by atoms with Crippen molar-refractivity contribution in [3.8, 4) is 5.75 Å². The molecule has 2 rings (SSSR count). The molecule has 1 unspecified atom stereocenters. The first-order valence-corrected chi connectivity index (χ1v) is 8.72. The molecule has 1 aromatic rings. The summed E-state index contributed by atoms with van der Waals surface area (Å²) in [5.41, 5.74) is 0.301. The Labute approximate surface area is 141 Å². The largest absolute Gasteiger partial charge is 0.478 e. The number of rotatable bonds is 5. The lowest BCUT2D eigenvalue weighted by atomic mass is 9.90. The summed E-state index contributed by atoms with van der Waals surface area (Å²) >= 11 is 0. The summed E-state index contributed by atoms with van der Waals surface area (Å²) in [7, 11) is -0.791. The van der Waals surface area contributed by atoms with Crippen LogP contribution in [0, 0.1) is 0 Å². The predicted octanol–water partition coefficient (Wildman–Crippen LogP) is 1.30. The molecule has 0 radical (unpaired) electrons. The number of likely N-dealkylation sites (N-methyl/N-ethyl adjacent to an activating group) is 1. The Bertz CT molecular complexity index is 812. The van der Waals surface area contributed by atoms with Gasteiger partial charge in [0, 0.05) is 26.1 Å². The van der Waals surface area contributed by atoms with Crippen LogP contribution in [0.5, 0.6) is 5.75 Å². The minimum Gasteiger partial charge on any atom is -0.478 e. The van der Waals surface area contributed by atoms with Crippen LogP contribution in [0.1, 0.15) is 13.3 Å². The van der Waals surface area contributed by atoms with Gasteiger partial charge in [-0.15, -0.1) is 0 Å². The number of para-hydroxylation sites is 1. The van der Waals surface area contributed by atoms with E-state index in [4.69, 9.17) is 9.88 Å². The number of sulfonamides is 1. The van der Waals surface area contributed by atoms with Gasteiger partial charge in [0.1, 0.15) is 16.3 Å². The first kappa shape index (κ1) is 18.0. The van der Waals surface area contributed by atoms with Crippen LogP contribution >= 0.6 is 0 Å². The fraction of sp³-hybridized carbons (Fsp3) is 0.312. The van der Waals surface area contributed by atoms with Crippen LogP contribution in [-0.2, 0) is 14.8 Å². The fourth-order valence-electron chi connectivity index (χ4n) is 2.46. The zero-order chi connectivity index (χ0) is 18.1. The topological polar surface area (TPSA) is 110 Å². The number of nitrogens with zero attached hydrogens (tertiary/aromatic N) is 1. The molecule has 0 bridgehead atoms. The highest BCUT2D eigenvalue weighted by atomic mass is 32.2. The maximum atomic E-state index is 12.3. The molecule has 1 aliphatic rings. The van der Waals surface area contributed by atoms with E-state index in [1.807, 2.05) is 0 Å². The summed E-state index contributed by atoms with van der Waals surface area (Å²) in [5.74, 6) is -0.650. The molecule has 1 aromatic carbocycles. The zero-order valence-electron chi connectivity index (χ0n) is 13.7. The Morgan fingerprint density at radius 3 is 2.33 bits per heavy atom. The number of hydrogen-bond donors (Lipinski definition) is 2. The van der Waals surface area contributed by atoms with E-state index >= 15 is 0 Å². The van der Waals surface area contributed by atoms with Gasteiger partial charge < -0.3 is 14.7 Å². The van der Waals surface area contributed by atoms with Crippen molar-refractivity contribution in [1.82, 2.24) is 4.90 Å². The second-order valence-corrected chi connectivity index (χ2v) is 7.94. The Balaban J connectivity index is 2.70. The molecule has 7 nitrogen and oxygen atoms in total. The standard InChI is InChI=1S/C16H20N2O5S/c1-16(24(17,21)22)10-11(15(19)20)9-13(18(2)3)14(16)23-12-7-5-4-6-8-12/h4-9H,10H2,1-3H3,(H,19,20)(H2,17,21,22). The van der Waals surface area contributed by atoms with E-state index in [2.05, 4.69) is 0 Å². The molecule has 0 fully saturated rings. The van der Waals surface area contributed by atoms with Crippen LogP contribution in [-0.4, -0.2) is 43.2 Å². The van der Waals surface area contributed by atoms with Crippen LogP contribution in [0.25, 0.3) is 0 Å². The number of primary sulfonamides is 1. The quantitative estimate of drug-likeness (QED) is 0.826. The zero-order valence-corrected chi connectivity index (χ0v) is 14.5. The number of nitrogens with two attached hydrogens (primary N) is 1. The van der Waals surface area contributed by atoms with Crippen molar-refractivity contribution in [2.75, 3.05) is 14.1 Å². The van der Waals surface area contributed by atoms with Crippen molar-refractivity contribution in [2.24, 2.45) is 5.14 Å². The van der Waals surface area contributed by atoms with Gasteiger partial charge in [-0.05, 0) is 25.1 Å². The van der Waals surface area contributed by atoms with E-state index in [0.29, 0.717) is 11.4 Å². The number of allylic oxidation sites excluding steroid dienone is 1. The molecular weight excluding hydrogens is 332 g/mol. The Hall–Kier alpha value is -2.32. The Morgan fingerprint density at radius 2 is 1.88 bits per heavy atom. The molecule has 130 valence electrons. The van der Waals surface area contributed by atoms with Crippen molar-refractivity contribution >= 4 is 16.0 Å². The molecule has 24 heavy (non-hydrogen) atoms. The normalized spacial score (nSPS) is 21.2. The Kier molecular flexibility index (Phi) is 4.73. The smallest absolute Gasteiger partial charge is 0.331 e. The average Bonchev–Trinajstić information content (AvgIpc) is 2.48. The third-order valence-corrected chi connectivity index (χ3v) is 5.48. The SMILES string of the molecule is CN(C)C1=C(Oc2ccccc2)C(C)(S(N)(=O)=O)CC(C(=O)O)=C1. The lowest BCUT2D eigenvalue weighted by molar-refractivity contribution is -0.132. The van der Waals surface area contributed by atoms with Gasteiger partial charge in [0.15, 0.2) is 0 Å². The highest BCUT2D eigenvalue weighted by Crippen LogP contribution is 2.40. The third kappa shape index (κ3) is 3.29. The van der Waals surface area contributed by atoms with Gasteiger partial charge >= 0.3 is 5.97 Å². The van der Waals surface area contributed by atoms with E-state index in [0.717, 1.165) is 0 Å². The van der Waals surface area contributed by atoms with E-state index in [1.165, 1.54) is 13.0 Å². The highest BCUT2D eigenvalue weighted by Gasteiger charge is 2.48. The van der Waals surface area contributed by atoms with Gasteiger partial charge in [-0.3, -0.25) is 0 Å². The summed E-state index contributed by atoms with van der Waals surface area (Å²) in [6, 6.07) is 8.67. The molecule has 8 heteroatoms. The van der Waals surface area contributed by atoms with Crippen molar-refractivity contribution < 1.29 is 23.1 Å². The van der Waals surface area contributed by atoms with Gasteiger partial charge in [0.05, 0.1) is 5.70 Å². The predicted molar refractivity (Wildman–Crippen MR) is 89.6 cm³/mol. The summed E-state index contributed by atoms with van der Waals surface area (Å²) < 4.78 is 28.7. The van der Waals surface area contributed by atoms with Gasteiger partial charge in [0.25, 0.3) is 0 Å². The second-order valence-electron chi connectivity index (χ2n) is 5.95. The third-order valence-electron chi connectivity index (χ3n) is 3.90. The second kappa shape index (κ2) is 6.29. The number of carbonyl (C=O) groups is 1. The minimum atomic E-state index is -4.14. The molecular formula is C16H20N2O5S. The van der Waals surface area contributed by atoms with E-state index in [9.17, 15) is 18.3 Å². The number of aliphatic carboxylic acids is 1. The average molecular weight is 352 g/mol. The Morgan fingerprint density at radius 1 is 1.29 bits per heavy atom. The van der Waals surface area contributed by atoms with Crippen LogP contribution < -0.4 is 9.88 Å². The van der Waals surface area contributed by atoms with Crippen LogP contribution in [0.3, 0.4) is 0 Å². The molecule has 0 heterocycles.